The maximum absolute atomic E-state index is 12.9. The van der Waals surface area contributed by atoms with Crippen LogP contribution in [0.1, 0.15) is 6.92 Å². The largest absolute Gasteiger partial charge is 0.479 e. The predicted molar refractivity (Wildman–Crippen MR) is 121 cm³/mol. The number of nitrogens with zero attached hydrogens (tertiary/aromatic N) is 1. The van der Waals surface area contributed by atoms with Gasteiger partial charge >= 0.3 is 0 Å². The van der Waals surface area contributed by atoms with Gasteiger partial charge < -0.3 is 19.9 Å². The number of rotatable bonds is 4. The second-order valence-corrected chi connectivity index (χ2v) is 7.55. The Bertz CT molecular complexity index is 1290. The van der Waals surface area contributed by atoms with E-state index in [0.29, 0.717) is 17.1 Å². The molecule has 0 radical (unpaired) electrons. The van der Waals surface area contributed by atoms with Crippen molar-refractivity contribution in [1.29, 1.82) is 0 Å². The number of hydrogen-bond donors (Lipinski definition) is 2. The van der Waals surface area contributed by atoms with Gasteiger partial charge in [-0.15, -0.1) is 0 Å². The molecule has 0 unspecified atom stereocenters. The normalized spacial score (nSPS) is 15.1. The highest BCUT2D eigenvalue weighted by atomic mass is 16.5. The summed E-state index contributed by atoms with van der Waals surface area (Å²) in [6.45, 7) is 1.86. The van der Waals surface area contributed by atoms with E-state index in [1.54, 1.807) is 25.1 Å². The average Bonchev–Trinajstić information content (AvgIpc) is 3.14. The number of anilines is 2. The number of ether oxygens (including phenoxy) is 1. The van der Waals surface area contributed by atoms with Crippen molar-refractivity contribution in [2.45, 2.75) is 19.6 Å². The van der Waals surface area contributed by atoms with E-state index < -0.39 is 6.10 Å². The third-order valence-corrected chi connectivity index (χ3v) is 5.38. The Morgan fingerprint density at radius 2 is 1.81 bits per heavy atom. The van der Waals surface area contributed by atoms with Crippen molar-refractivity contribution in [2.24, 2.45) is 0 Å². The molecule has 0 bridgehead atoms. The van der Waals surface area contributed by atoms with Crippen molar-refractivity contribution in [2.75, 3.05) is 10.6 Å². The molecule has 31 heavy (non-hydrogen) atoms. The molecule has 3 aromatic carbocycles. The maximum Gasteiger partial charge on any atom is 0.265 e. The van der Waals surface area contributed by atoms with E-state index in [0.717, 1.165) is 22.2 Å². The molecule has 6 heteroatoms. The molecular formula is C25H21N3O3. The Hall–Kier alpha value is -4.06. The van der Waals surface area contributed by atoms with Crippen LogP contribution in [0.15, 0.2) is 78.9 Å². The minimum Gasteiger partial charge on any atom is -0.479 e. The third kappa shape index (κ3) is 3.64. The fraction of sp³-hybridized carbons (Fsp3) is 0.120. The minimum absolute atomic E-state index is 0.157. The van der Waals surface area contributed by atoms with Crippen LogP contribution >= 0.6 is 0 Å². The molecular weight excluding hydrogens is 390 g/mol. The van der Waals surface area contributed by atoms with Crippen LogP contribution in [0.25, 0.3) is 22.2 Å². The summed E-state index contributed by atoms with van der Waals surface area (Å²) < 4.78 is 7.59. The Balaban J connectivity index is 1.43. The smallest absolute Gasteiger partial charge is 0.265 e. The highest BCUT2D eigenvalue weighted by molar-refractivity contribution is 5.99. The summed E-state index contributed by atoms with van der Waals surface area (Å²) >= 11 is 0. The molecule has 0 saturated heterocycles. The van der Waals surface area contributed by atoms with Crippen LogP contribution in [0.2, 0.25) is 0 Å². The van der Waals surface area contributed by atoms with E-state index in [1.165, 1.54) is 0 Å². The first-order chi connectivity index (χ1) is 15.1. The van der Waals surface area contributed by atoms with Crippen LogP contribution in [0.5, 0.6) is 5.75 Å². The van der Waals surface area contributed by atoms with Crippen molar-refractivity contribution in [3.05, 3.63) is 78.9 Å². The zero-order valence-corrected chi connectivity index (χ0v) is 17.0. The van der Waals surface area contributed by atoms with Crippen LogP contribution in [0, 0.1) is 0 Å². The Labute approximate surface area is 179 Å². The molecule has 1 aliphatic rings. The Morgan fingerprint density at radius 3 is 2.65 bits per heavy atom. The van der Waals surface area contributed by atoms with Crippen LogP contribution in [0.3, 0.4) is 0 Å². The van der Waals surface area contributed by atoms with E-state index >= 15 is 0 Å². The van der Waals surface area contributed by atoms with Gasteiger partial charge in [0.15, 0.2) is 6.10 Å². The van der Waals surface area contributed by atoms with Gasteiger partial charge in [0.2, 0.25) is 5.91 Å². The first-order valence-corrected chi connectivity index (χ1v) is 10.1. The topological polar surface area (TPSA) is 72.4 Å². The molecule has 1 atom stereocenters. The lowest BCUT2D eigenvalue weighted by Gasteiger charge is -2.23. The van der Waals surface area contributed by atoms with Crippen LogP contribution in [0.4, 0.5) is 11.4 Å². The average molecular weight is 411 g/mol. The van der Waals surface area contributed by atoms with E-state index in [9.17, 15) is 9.59 Å². The number of carbonyl (C=O) groups excluding carboxylic acids is 2. The quantitative estimate of drug-likeness (QED) is 0.513. The summed E-state index contributed by atoms with van der Waals surface area (Å²) in [5.74, 6) is 0.227. The second-order valence-electron chi connectivity index (χ2n) is 7.55. The first kappa shape index (κ1) is 18.9. The van der Waals surface area contributed by atoms with Gasteiger partial charge in [-0.25, -0.2) is 0 Å². The van der Waals surface area contributed by atoms with E-state index in [2.05, 4.69) is 16.7 Å². The number of para-hydroxylation sites is 1. The highest BCUT2D eigenvalue weighted by Crippen LogP contribution is 2.32. The lowest BCUT2D eigenvalue weighted by Crippen LogP contribution is -2.34. The summed E-state index contributed by atoms with van der Waals surface area (Å²) in [5, 5.41) is 6.82. The van der Waals surface area contributed by atoms with Gasteiger partial charge in [0.25, 0.3) is 5.91 Å². The fourth-order valence-electron chi connectivity index (χ4n) is 3.86. The molecule has 2 N–H and O–H groups in total. The molecule has 0 saturated carbocycles. The van der Waals surface area contributed by atoms with Crippen molar-refractivity contribution in [3.8, 4) is 17.0 Å². The predicted octanol–water partition coefficient (Wildman–Crippen LogP) is 4.67. The zero-order chi connectivity index (χ0) is 21.4. The number of hydrogen-bond acceptors (Lipinski definition) is 3. The molecule has 0 aliphatic carbocycles. The molecule has 1 aliphatic heterocycles. The lowest BCUT2D eigenvalue weighted by molar-refractivity contribution is -0.122. The van der Waals surface area contributed by atoms with Gasteiger partial charge in [-0.05, 0) is 42.8 Å². The van der Waals surface area contributed by atoms with Gasteiger partial charge in [-0.1, -0.05) is 48.5 Å². The van der Waals surface area contributed by atoms with Gasteiger partial charge in [-0.2, -0.15) is 0 Å². The summed E-state index contributed by atoms with van der Waals surface area (Å²) in [4.78, 5) is 24.8. The molecule has 154 valence electrons. The van der Waals surface area contributed by atoms with Gasteiger partial charge in [-0.3, -0.25) is 9.59 Å². The molecule has 2 amide bonds. The van der Waals surface area contributed by atoms with Gasteiger partial charge in [0.05, 0.1) is 5.69 Å². The molecule has 6 nitrogen and oxygen atoms in total. The van der Waals surface area contributed by atoms with Crippen molar-refractivity contribution in [1.82, 2.24) is 4.57 Å². The first-order valence-electron chi connectivity index (χ1n) is 10.1. The third-order valence-electron chi connectivity index (χ3n) is 5.38. The molecule has 5 rings (SSSR count). The summed E-state index contributed by atoms with van der Waals surface area (Å²) in [6, 6.07) is 25.4. The molecule has 0 fully saturated rings. The SMILES string of the molecule is C[C@@H]1Oc2ccc(NC(=O)Cn3c(-c4ccccc4)cc4ccccc43)cc2NC1=O. The van der Waals surface area contributed by atoms with Crippen LogP contribution < -0.4 is 15.4 Å². The number of amides is 2. The number of fused-ring (bicyclic) bond motifs is 2. The number of benzene rings is 3. The molecule has 4 aromatic rings. The van der Waals surface area contributed by atoms with Gasteiger partial charge in [0, 0.05) is 22.3 Å². The highest BCUT2D eigenvalue weighted by Gasteiger charge is 2.23. The van der Waals surface area contributed by atoms with Gasteiger partial charge in [0.1, 0.15) is 12.3 Å². The van der Waals surface area contributed by atoms with Crippen molar-refractivity contribution in [3.63, 3.8) is 0 Å². The minimum atomic E-state index is -0.536. The Kier molecular flexibility index (Phi) is 4.67. The summed E-state index contributed by atoms with van der Waals surface area (Å²) in [7, 11) is 0. The number of nitrogens with one attached hydrogen (secondary N) is 2. The van der Waals surface area contributed by atoms with Crippen LogP contribution in [-0.4, -0.2) is 22.5 Å². The van der Waals surface area contributed by atoms with E-state index in [1.807, 2.05) is 59.2 Å². The maximum atomic E-state index is 12.9. The Morgan fingerprint density at radius 1 is 1.03 bits per heavy atom. The lowest BCUT2D eigenvalue weighted by atomic mass is 10.1. The molecule has 0 spiro atoms. The van der Waals surface area contributed by atoms with Crippen molar-refractivity contribution >= 4 is 34.1 Å². The number of aromatic nitrogens is 1. The fourth-order valence-corrected chi connectivity index (χ4v) is 3.86. The standard InChI is InChI=1S/C25H21N3O3/c1-16-25(30)27-20-14-19(11-12-23(20)31-16)26-24(29)15-28-21-10-6-5-9-18(21)13-22(28)17-7-3-2-4-8-17/h2-14,16H,15H2,1H3,(H,26,29)(H,27,30)/t16-/m0/s1. The second kappa shape index (κ2) is 7.65. The molecule has 2 heterocycles. The molecule has 1 aromatic heterocycles. The summed E-state index contributed by atoms with van der Waals surface area (Å²) in [5.41, 5.74) is 4.18. The zero-order valence-electron chi connectivity index (χ0n) is 17.0. The van der Waals surface area contributed by atoms with E-state index in [-0.39, 0.29) is 18.4 Å². The number of carbonyl (C=O) groups is 2. The van der Waals surface area contributed by atoms with E-state index in [4.69, 9.17) is 4.74 Å². The van der Waals surface area contributed by atoms with Crippen molar-refractivity contribution < 1.29 is 14.3 Å². The van der Waals surface area contributed by atoms with Crippen LogP contribution in [-0.2, 0) is 16.1 Å². The monoisotopic (exact) mass is 411 g/mol. The summed E-state index contributed by atoms with van der Waals surface area (Å²) in [6.07, 6.45) is -0.536.